The minimum atomic E-state index is -0.115. The molecule has 0 aliphatic heterocycles. The molecule has 0 aromatic heterocycles. The van der Waals surface area contributed by atoms with Gasteiger partial charge in [-0.2, -0.15) is 0 Å². The molecule has 192 valence electrons. The average molecular weight is 469 g/mol. The topological polar surface area (TPSA) is 26.3 Å². The second-order valence-corrected chi connectivity index (χ2v) is 15.8. The molecule has 8 atom stereocenters. The maximum absolute atomic E-state index is 11.9. The summed E-state index contributed by atoms with van der Waals surface area (Å²) >= 11 is 0. The van der Waals surface area contributed by atoms with Gasteiger partial charge in [-0.15, -0.1) is 0 Å². The minimum absolute atomic E-state index is 0.0287. The van der Waals surface area contributed by atoms with Gasteiger partial charge in [-0.25, -0.2) is 0 Å². The van der Waals surface area contributed by atoms with E-state index in [0.717, 1.165) is 18.8 Å². The van der Waals surface area contributed by atoms with Gasteiger partial charge in [0.2, 0.25) is 0 Å². The lowest BCUT2D eigenvalue weighted by Gasteiger charge is -2.71. The number of hydrogen-bond acceptors (Lipinski definition) is 2. The molecule has 4 fully saturated rings. The van der Waals surface area contributed by atoms with Crippen molar-refractivity contribution >= 4 is 5.97 Å². The monoisotopic (exact) mass is 468 g/mol. The van der Waals surface area contributed by atoms with Crippen LogP contribution < -0.4 is 0 Å². The molecular weight excluding hydrogens is 416 g/mol. The number of hydrogen-bond donors (Lipinski definition) is 0. The lowest BCUT2D eigenvalue weighted by atomic mass is 9.34. The van der Waals surface area contributed by atoms with E-state index >= 15 is 0 Å². The molecule has 0 bridgehead atoms. The summed E-state index contributed by atoms with van der Waals surface area (Å²) in [6, 6.07) is 0. The fourth-order valence-corrected chi connectivity index (χ4v) is 10.9. The SMILES string of the molecule is CC(=O)O[C@H]1CC[C@@]2(C)[C@H](CC=C3[C@@H]2CC[C@@]2(C)[C@@H]4CC(C)(C)CC[C@]4(C)CC[C@]32C)C1(C)C. The molecule has 0 aromatic carbocycles. The van der Waals surface area contributed by atoms with Crippen LogP contribution in [0, 0.1) is 50.2 Å². The van der Waals surface area contributed by atoms with Gasteiger partial charge in [0, 0.05) is 12.3 Å². The van der Waals surface area contributed by atoms with Gasteiger partial charge in [-0.1, -0.05) is 67.0 Å². The summed E-state index contributed by atoms with van der Waals surface area (Å²) in [6.07, 6.45) is 15.9. The van der Waals surface area contributed by atoms with Gasteiger partial charge in [-0.3, -0.25) is 4.79 Å². The zero-order valence-electron chi connectivity index (χ0n) is 23.8. The van der Waals surface area contributed by atoms with Crippen LogP contribution in [0.4, 0.5) is 0 Å². The van der Waals surface area contributed by atoms with Crippen LogP contribution in [0.3, 0.4) is 0 Å². The van der Waals surface area contributed by atoms with Crippen LogP contribution in [0.5, 0.6) is 0 Å². The number of ether oxygens (including phenoxy) is 1. The van der Waals surface area contributed by atoms with Crippen molar-refractivity contribution in [3.05, 3.63) is 11.6 Å². The number of fused-ring (bicyclic) bond motifs is 7. The van der Waals surface area contributed by atoms with E-state index in [9.17, 15) is 4.79 Å². The van der Waals surface area contributed by atoms with E-state index in [1.54, 1.807) is 6.92 Å². The van der Waals surface area contributed by atoms with E-state index in [1.807, 2.05) is 5.57 Å². The molecule has 5 aliphatic carbocycles. The Balaban J connectivity index is 1.52. The molecule has 0 N–H and O–H groups in total. The Bertz CT molecular complexity index is 897. The van der Waals surface area contributed by atoms with Gasteiger partial charge in [0.15, 0.2) is 0 Å². The Labute approximate surface area is 210 Å². The number of esters is 1. The quantitative estimate of drug-likeness (QED) is 0.284. The third-order valence-corrected chi connectivity index (χ3v) is 13.3. The second kappa shape index (κ2) is 7.38. The van der Waals surface area contributed by atoms with Crippen molar-refractivity contribution in [1.29, 1.82) is 0 Å². The summed E-state index contributed by atoms with van der Waals surface area (Å²) in [5, 5.41) is 0. The van der Waals surface area contributed by atoms with E-state index in [2.05, 4.69) is 61.5 Å². The van der Waals surface area contributed by atoms with E-state index in [-0.39, 0.29) is 17.5 Å². The Hall–Kier alpha value is -0.790. The summed E-state index contributed by atoms with van der Waals surface area (Å²) < 4.78 is 5.89. The van der Waals surface area contributed by atoms with Crippen LogP contribution in [-0.4, -0.2) is 12.1 Å². The van der Waals surface area contributed by atoms with E-state index in [1.165, 1.54) is 51.4 Å². The third kappa shape index (κ3) is 3.21. The second-order valence-electron chi connectivity index (χ2n) is 15.8. The predicted molar refractivity (Wildman–Crippen MR) is 140 cm³/mol. The number of carbonyl (C=O) groups excluding carboxylic acids is 1. The maximum Gasteiger partial charge on any atom is 0.302 e. The van der Waals surface area contributed by atoms with Gasteiger partial charge >= 0.3 is 5.97 Å². The number of allylic oxidation sites excluding steroid dienone is 2. The molecule has 2 heteroatoms. The first-order valence-corrected chi connectivity index (χ1v) is 14.5. The van der Waals surface area contributed by atoms with Crippen LogP contribution in [0.1, 0.15) is 127 Å². The van der Waals surface area contributed by atoms with Gasteiger partial charge < -0.3 is 4.74 Å². The fourth-order valence-electron chi connectivity index (χ4n) is 10.9. The molecule has 2 nitrogen and oxygen atoms in total. The highest BCUT2D eigenvalue weighted by molar-refractivity contribution is 5.66. The van der Waals surface area contributed by atoms with E-state index in [0.29, 0.717) is 38.9 Å². The zero-order chi connectivity index (χ0) is 24.9. The van der Waals surface area contributed by atoms with Crippen molar-refractivity contribution < 1.29 is 9.53 Å². The van der Waals surface area contributed by atoms with Crippen LogP contribution in [-0.2, 0) is 9.53 Å². The summed E-state index contributed by atoms with van der Waals surface area (Å²) in [5.74, 6) is 2.01. The standard InChI is InChI=1S/C32H52O2/c1-21(33)34-26-13-14-30(7)22-12-15-32(9)25-20-27(2,3)16-17-29(25,6)18-19-31(32,8)23(22)10-11-24(30)28(26,4)5/h10,22,24-26H,11-20H2,1-9H3/t22-,24+,25+,26-,29+,30+,31+,32-/m0/s1. The lowest BCUT2D eigenvalue weighted by Crippen LogP contribution is -2.63. The Kier molecular flexibility index (Phi) is 5.40. The Morgan fingerprint density at radius 3 is 2.21 bits per heavy atom. The van der Waals surface area contributed by atoms with Gasteiger partial charge in [0.25, 0.3) is 0 Å². The zero-order valence-corrected chi connectivity index (χ0v) is 23.8. The highest BCUT2D eigenvalue weighted by Crippen LogP contribution is 2.75. The van der Waals surface area contributed by atoms with Crippen LogP contribution >= 0.6 is 0 Å². The molecule has 34 heavy (non-hydrogen) atoms. The van der Waals surface area contributed by atoms with Crippen molar-refractivity contribution in [1.82, 2.24) is 0 Å². The van der Waals surface area contributed by atoms with Crippen molar-refractivity contribution in [2.75, 3.05) is 0 Å². The minimum Gasteiger partial charge on any atom is -0.462 e. The van der Waals surface area contributed by atoms with E-state index < -0.39 is 0 Å². The smallest absolute Gasteiger partial charge is 0.302 e. The largest absolute Gasteiger partial charge is 0.462 e. The van der Waals surface area contributed by atoms with Crippen molar-refractivity contribution in [2.24, 2.45) is 50.2 Å². The van der Waals surface area contributed by atoms with Crippen LogP contribution in [0.25, 0.3) is 0 Å². The van der Waals surface area contributed by atoms with Crippen molar-refractivity contribution in [2.45, 2.75) is 133 Å². The summed E-state index contributed by atoms with van der Waals surface area (Å²) in [7, 11) is 0. The van der Waals surface area contributed by atoms with E-state index in [4.69, 9.17) is 4.74 Å². The lowest BCUT2D eigenvalue weighted by molar-refractivity contribution is -0.187. The first-order chi connectivity index (χ1) is 15.6. The molecule has 0 radical (unpaired) electrons. The molecule has 5 aliphatic rings. The van der Waals surface area contributed by atoms with Crippen LogP contribution in [0.15, 0.2) is 11.6 Å². The molecule has 0 saturated heterocycles. The third-order valence-electron chi connectivity index (χ3n) is 13.3. The summed E-state index contributed by atoms with van der Waals surface area (Å²) in [5.41, 5.74) is 3.95. The number of rotatable bonds is 1. The predicted octanol–water partition coefficient (Wildman–Crippen LogP) is 8.74. The summed E-state index contributed by atoms with van der Waals surface area (Å²) in [6.45, 7) is 22.1. The molecular formula is C32H52O2. The van der Waals surface area contributed by atoms with Gasteiger partial charge in [0.05, 0.1) is 0 Å². The average Bonchev–Trinajstić information content (AvgIpc) is 2.73. The first kappa shape index (κ1) is 24.9. The van der Waals surface area contributed by atoms with Gasteiger partial charge in [-0.05, 0) is 109 Å². The number of carbonyl (C=O) groups is 1. The van der Waals surface area contributed by atoms with Crippen molar-refractivity contribution in [3.8, 4) is 0 Å². The maximum atomic E-state index is 11.9. The van der Waals surface area contributed by atoms with Gasteiger partial charge in [0.1, 0.15) is 6.10 Å². The molecule has 0 aromatic rings. The van der Waals surface area contributed by atoms with Crippen LogP contribution in [0.2, 0.25) is 0 Å². The fraction of sp³-hybridized carbons (Fsp3) is 0.906. The van der Waals surface area contributed by atoms with Crippen molar-refractivity contribution in [3.63, 3.8) is 0 Å². The Morgan fingerprint density at radius 2 is 1.53 bits per heavy atom. The molecule has 0 spiro atoms. The highest BCUT2D eigenvalue weighted by Gasteiger charge is 2.67. The Morgan fingerprint density at radius 1 is 0.853 bits per heavy atom. The first-order valence-electron chi connectivity index (χ1n) is 14.5. The molecule has 0 unspecified atom stereocenters. The molecule has 4 saturated carbocycles. The summed E-state index contributed by atoms with van der Waals surface area (Å²) in [4.78, 5) is 11.9. The molecule has 0 amide bonds. The molecule has 5 rings (SSSR count). The molecule has 0 heterocycles. The highest BCUT2D eigenvalue weighted by atomic mass is 16.5. The normalized spacial score (nSPS) is 51.1.